The summed E-state index contributed by atoms with van der Waals surface area (Å²) in [5.41, 5.74) is 10.6. The molecule has 0 spiro atoms. The number of likely N-dealkylation sites (N-methyl/N-ethyl adjacent to an activating group) is 1. The molecule has 67 heavy (non-hydrogen) atoms. The van der Waals surface area contributed by atoms with Crippen LogP contribution in [0.1, 0.15) is 110 Å². The minimum absolute atomic E-state index is 0.0506. The van der Waals surface area contributed by atoms with Gasteiger partial charge in [-0.25, -0.2) is 15.4 Å². The Labute approximate surface area is 396 Å². The molecule has 2 fully saturated rings. The maximum atomic E-state index is 14.7. The summed E-state index contributed by atoms with van der Waals surface area (Å²) in [5.74, 6) is -1.89. The van der Waals surface area contributed by atoms with Crippen LogP contribution < -0.4 is 10.7 Å². The molecule has 4 aromatic rings. The molecule has 6 bridgehead atoms. The third-order valence-corrected chi connectivity index (χ3v) is 13.6. The molecular weight excluding hydrogens is 845 g/mol. The Kier molecular flexibility index (Phi) is 15.5. The van der Waals surface area contributed by atoms with Crippen molar-refractivity contribution in [3.8, 4) is 22.4 Å². The van der Waals surface area contributed by atoms with Gasteiger partial charge in [-0.3, -0.25) is 29.2 Å². The SMILES string of the molecule is CCn1c(-c2cccnc2[C@H](C)OC)c2c3cc(ccc31)-c1cccc(c1)C[C@H](NC(=O)C(C(C)C)N(C)C(=O)[C@H]1CC[C@H](N=C=NC(C)C)C1)C(=O)N1CCC[C@H](N1)C(=O)OCC(C)(C)C2. The third-order valence-electron chi connectivity index (χ3n) is 13.6. The van der Waals surface area contributed by atoms with Crippen molar-refractivity contribution in [2.45, 2.75) is 143 Å². The summed E-state index contributed by atoms with van der Waals surface area (Å²) in [4.78, 5) is 72.4. The topological polar surface area (TPSA) is 160 Å². The van der Waals surface area contributed by atoms with Crippen molar-refractivity contribution in [3.63, 3.8) is 0 Å². The Bertz CT molecular complexity index is 2520. The Hall–Kier alpha value is -5.69. The lowest BCUT2D eigenvalue weighted by atomic mass is 9.84. The number of rotatable bonds is 11. The van der Waals surface area contributed by atoms with E-state index in [1.807, 2.05) is 52.8 Å². The molecule has 0 radical (unpaired) electrons. The number of ether oxygens (including phenoxy) is 2. The summed E-state index contributed by atoms with van der Waals surface area (Å²) < 4.78 is 14.3. The number of hydrazine groups is 1. The van der Waals surface area contributed by atoms with Crippen LogP contribution in [-0.4, -0.2) is 107 Å². The average molecular weight is 915 g/mol. The van der Waals surface area contributed by atoms with Gasteiger partial charge in [0.2, 0.25) is 11.8 Å². The minimum atomic E-state index is -1.02. The van der Waals surface area contributed by atoms with Gasteiger partial charge in [0.25, 0.3) is 5.91 Å². The summed E-state index contributed by atoms with van der Waals surface area (Å²) in [6, 6.07) is 19.0. The van der Waals surface area contributed by atoms with Gasteiger partial charge in [0, 0.05) is 67.7 Å². The van der Waals surface area contributed by atoms with Crippen LogP contribution in [0.5, 0.6) is 0 Å². The number of aryl methyl sites for hydroxylation is 1. The number of aliphatic imine (C=N–C) groups is 2. The number of nitrogens with zero attached hydrogens (tertiary/aromatic N) is 6. The Morgan fingerprint density at radius 3 is 2.55 bits per heavy atom. The highest BCUT2D eigenvalue weighted by atomic mass is 16.5. The van der Waals surface area contributed by atoms with E-state index in [0.717, 1.165) is 56.5 Å². The van der Waals surface area contributed by atoms with Crippen LogP contribution in [0.3, 0.4) is 0 Å². The number of carbonyl (C=O) groups excluding carboxylic acids is 4. The molecule has 2 aromatic heterocycles. The van der Waals surface area contributed by atoms with Crippen molar-refractivity contribution >= 4 is 40.6 Å². The zero-order valence-electron chi connectivity index (χ0n) is 41.1. The number of fused-ring (bicyclic) bond motifs is 6. The van der Waals surface area contributed by atoms with E-state index in [-0.39, 0.29) is 54.9 Å². The van der Waals surface area contributed by atoms with Crippen molar-refractivity contribution < 1.29 is 28.7 Å². The lowest BCUT2D eigenvalue weighted by molar-refractivity contribution is -0.155. The molecule has 2 N–H and O–H groups in total. The maximum Gasteiger partial charge on any atom is 0.324 e. The normalized spacial score (nSPS) is 21.9. The van der Waals surface area contributed by atoms with Gasteiger partial charge in [-0.2, -0.15) is 0 Å². The third kappa shape index (κ3) is 11.0. The summed E-state index contributed by atoms with van der Waals surface area (Å²) in [7, 11) is 3.37. The molecule has 6 atom stereocenters. The number of hydrogen-bond acceptors (Lipinski definition) is 10. The molecule has 3 aliphatic rings. The molecule has 1 saturated heterocycles. The fourth-order valence-electron chi connectivity index (χ4n) is 10.1. The van der Waals surface area contributed by atoms with Gasteiger partial charge in [-0.1, -0.05) is 58.0 Å². The average Bonchev–Trinajstić information content (AvgIpc) is 3.91. The van der Waals surface area contributed by atoms with Crippen molar-refractivity contribution in [2.75, 3.05) is 27.3 Å². The highest BCUT2D eigenvalue weighted by molar-refractivity contribution is 5.96. The van der Waals surface area contributed by atoms with Gasteiger partial charge in [0.15, 0.2) is 0 Å². The fraction of sp³-hybridized carbons (Fsp3) is 0.547. The lowest BCUT2D eigenvalue weighted by Gasteiger charge is -2.37. The minimum Gasteiger partial charge on any atom is -0.464 e. The molecule has 2 aliphatic heterocycles. The molecule has 1 saturated carbocycles. The molecule has 7 rings (SSSR count). The number of carbonyl (C=O) groups is 4. The zero-order valence-corrected chi connectivity index (χ0v) is 41.1. The van der Waals surface area contributed by atoms with Gasteiger partial charge in [0.1, 0.15) is 18.1 Å². The molecule has 4 heterocycles. The van der Waals surface area contributed by atoms with Gasteiger partial charge < -0.3 is 24.3 Å². The van der Waals surface area contributed by atoms with Crippen molar-refractivity contribution in [1.29, 1.82) is 0 Å². The second-order valence-electron chi connectivity index (χ2n) is 20.1. The maximum absolute atomic E-state index is 14.7. The molecule has 1 aliphatic carbocycles. The first kappa shape index (κ1) is 49.2. The van der Waals surface area contributed by atoms with E-state index in [9.17, 15) is 19.2 Å². The fourth-order valence-corrected chi connectivity index (χ4v) is 10.1. The van der Waals surface area contributed by atoms with Gasteiger partial charge >= 0.3 is 5.97 Å². The predicted molar refractivity (Wildman–Crippen MR) is 261 cm³/mol. The quantitative estimate of drug-likeness (QED) is 0.113. The van der Waals surface area contributed by atoms with Crippen molar-refractivity contribution in [3.05, 3.63) is 77.6 Å². The first-order valence-electron chi connectivity index (χ1n) is 24.2. The van der Waals surface area contributed by atoms with Crippen LogP contribution >= 0.6 is 0 Å². The summed E-state index contributed by atoms with van der Waals surface area (Å²) in [6.45, 7) is 17.3. The number of pyridine rings is 1. The lowest BCUT2D eigenvalue weighted by Crippen LogP contribution is -2.62. The van der Waals surface area contributed by atoms with Gasteiger partial charge in [-0.05, 0) is 119 Å². The Balaban J connectivity index is 1.26. The molecule has 14 nitrogen and oxygen atoms in total. The second-order valence-corrected chi connectivity index (χ2v) is 20.1. The first-order chi connectivity index (χ1) is 32.0. The van der Waals surface area contributed by atoms with Gasteiger partial charge in [0.05, 0.1) is 42.2 Å². The van der Waals surface area contributed by atoms with Crippen LogP contribution in [-0.2, 0) is 48.0 Å². The highest BCUT2D eigenvalue weighted by Crippen LogP contribution is 2.42. The zero-order chi connectivity index (χ0) is 48.2. The standard InChI is InChI=1S/C53H70N8O6/c1-11-60-45-22-20-37-28-41(45)42(48(60)40-17-13-23-54-46(40)34(6)66-10)29-53(7,8)30-67-52(65)43-18-14-24-61(58-43)51(64)44(26-35-15-12-16-36(37)25-35)57-49(62)47(32(2)3)59(9)50(63)38-19-21-39(27-38)56-31-55-33(4)5/h12-13,15-17,20,22-23,25,28,32-34,38-39,43-44,47,58H,11,14,18-19,21,24,26-27,29-30H2,1-10H3,(H,57,62)/t34-,38-,39-,43-,44-,47?/m0/s1. The van der Waals surface area contributed by atoms with Crippen molar-refractivity contribution in [2.24, 2.45) is 27.2 Å². The summed E-state index contributed by atoms with van der Waals surface area (Å²) in [5, 5.41) is 5.66. The summed E-state index contributed by atoms with van der Waals surface area (Å²) in [6.07, 6.45) is 5.35. The van der Waals surface area contributed by atoms with E-state index in [1.165, 1.54) is 5.01 Å². The van der Waals surface area contributed by atoms with E-state index < -0.39 is 35.4 Å². The number of amides is 3. The number of benzene rings is 2. The predicted octanol–water partition coefficient (Wildman–Crippen LogP) is 7.98. The number of methoxy groups -OCH3 is 1. The molecule has 14 heteroatoms. The van der Waals surface area contributed by atoms with E-state index in [2.05, 4.69) is 88.5 Å². The molecule has 1 unspecified atom stereocenters. The number of nitrogens with one attached hydrogen (secondary N) is 2. The second kappa shape index (κ2) is 21.1. The monoisotopic (exact) mass is 915 g/mol. The van der Waals surface area contributed by atoms with E-state index in [4.69, 9.17) is 14.5 Å². The largest absolute Gasteiger partial charge is 0.464 e. The number of aromatic nitrogens is 2. The molecule has 2 aromatic carbocycles. The van der Waals surface area contributed by atoms with Crippen LogP contribution in [0, 0.1) is 17.3 Å². The smallest absolute Gasteiger partial charge is 0.324 e. The van der Waals surface area contributed by atoms with Crippen molar-refractivity contribution in [1.82, 2.24) is 30.2 Å². The van der Waals surface area contributed by atoms with Gasteiger partial charge in [-0.15, -0.1) is 0 Å². The Morgan fingerprint density at radius 2 is 1.82 bits per heavy atom. The van der Waals surface area contributed by atoms with Crippen LogP contribution in [0.4, 0.5) is 0 Å². The summed E-state index contributed by atoms with van der Waals surface area (Å²) >= 11 is 0. The first-order valence-corrected chi connectivity index (χ1v) is 24.2. The van der Waals surface area contributed by atoms with E-state index in [1.54, 1.807) is 25.3 Å². The highest BCUT2D eigenvalue weighted by Gasteiger charge is 2.40. The number of esters is 1. The molecule has 3 amide bonds. The van der Waals surface area contributed by atoms with Crippen LogP contribution in [0.15, 0.2) is 70.8 Å². The molecule has 358 valence electrons. The molecular formula is C53H70N8O6. The van der Waals surface area contributed by atoms with Crippen LogP contribution in [0.25, 0.3) is 33.3 Å². The van der Waals surface area contributed by atoms with E-state index >= 15 is 0 Å². The van der Waals surface area contributed by atoms with Crippen LogP contribution in [0.2, 0.25) is 0 Å². The number of cyclic esters (lactones) is 1. The number of hydrogen-bond donors (Lipinski definition) is 2. The van der Waals surface area contributed by atoms with E-state index in [0.29, 0.717) is 45.2 Å². The Morgan fingerprint density at radius 1 is 1.04 bits per heavy atom.